The lowest BCUT2D eigenvalue weighted by atomic mass is 10.1. The van der Waals surface area contributed by atoms with Gasteiger partial charge in [-0.3, -0.25) is 0 Å². The molecule has 14 heavy (non-hydrogen) atoms. The molecule has 1 unspecified atom stereocenters. The number of rotatable bonds is 2. The molecule has 0 bridgehead atoms. The van der Waals surface area contributed by atoms with Crippen LogP contribution in [0.15, 0.2) is 41.8 Å². The van der Waals surface area contributed by atoms with E-state index in [1.54, 1.807) is 23.5 Å². The Morgan fingerprint density at radius 3 is 2.43 bits per heavy atom. The third kappa shape index (κ3) is 1.84. The minimum atomic E-state index is -0.230. The average molecular weight is 207 g/mol. The number of benzene rings is 1. The third-order valence-corrected chi connectivity index (χ3v) is 3.03. The topological polar surface area (TPSA) is 26.0 Å². The molecule has 0 saturated carbocycles. The Kier molecular flexibility index (Phi) is 2.61. The molecule has 0 spiro atoms. The van der Waals surface area contributed by atoms with Gasteiger partial charge in [-0.05, 0) is 29.1 Å². The van der Waals surface area contributed by atoms with Gasteiger partial charge in [0, 0.05) is 4.88 Å². The van der Waals surface area contributed by atoms with Gasteiger partial charge in [0.25, 0.3) is 0 Å². The summed E-state index contributed by atoms with van der Waals surface area (Å²) in [6, 6.07) is 10.1. The van der Waals surface area contributed by atoms with Gasteiger partial charge < -0.3 is 5.73 Å². The fourth-order valence-electron chi connectivity index (χ4n) is 1.30. The Morgan fingerprint density at radius 2 is 1.86 bits per heavy atom. The van der Waals surface area contributed by atoms with Crippen LogP contribution in [0.25, 0.3) is 0 Å². The zero-order valence-electron chi connectivity index (χ0n) is 7.48. The first kappa shape index (κ1) is 9.37. The smallest absolute Gasteiger partial charge is 0.123 e. The monoisotopic (exact) mass is 207 g/mol. The van der Waals surface area contributed by atoms with Gasteiger partial charge in [0.1, 0.15) is 5.82 Å². The van der Waals surface area contributed by atoms with E-state index in [1.165, 1.54) is 12.1 Å². The molecule has 1 aromatic carbocycles. The molecule has 72 valence electrons. The van der Waals surface area contributed by atoms with E-state index in [0.29, 0.717) is 0 Å². The maximum Gasteiger partial charge on any atom is 0.123 e. The molecule has 3 heteroatoms. The van der Waals surface area contributed by atoms with Crippen LogP contribution in [0.2, 0.25) is 0 Å². The predicted octanol–water partition coefficient (Wildman–Crippen LogP) is 2.94. The normalized spacial score (nSPS) is 12.7. The van der Waals surface area contributed by atoms with Crippen molar-refractivity contribution < 1.29 is 4.39 Å². The largest absolute Gasteiger partial charge is 0.320 e. The van der Waals surface area contributed by atoms with Gasteiger partial charge in [-0.15, -0.1) is 11.3 Å². The average Bonchev–Trinajstić information content (AvgIpc) is 2.71. The summed E-state index contributed by atoms with van der Waals surface area (Å²) in [4.78, 5) is 1.09. The van der Waals surface area contributed by atoms with Gasteiger partial charge in [-0.1, -0.05) is 18.2 Å². The fraction of sp³-hybridized carbons (Fsp3) is 0.0909. The van der Waals surface area contributed by atoms with Crippen LogP contribution in [0.3, 0.4) is 0 Å². The number of hydrogen-bond acceptors (Lipinski definition) is 2. The highest BCUT2D eigenvalue weighted by Gasteiger charge is 2.08. The van der Waals surface area contributed by atoms with Crippen molar-refractivity contribution in [2.75, 3.05) is 0 Å². The van der Waals surface area contributed by atoms with Crippen molar-refractivity contribution in [2.24, 2.45) is 5.73 Å². The summed E-state index contributed by atoms with van der Waals surface area (Å²) in [6.45, 7) is 0. The van der Waals surface area contributed by atoms with Crippen LogP contribution in [-0.2, 0) is 0 Å². The van der Waals surface area contributed by atoms with Crippen LogP contribution in [0.5, 0.6) is 0 Å². The molecule has 1 aromatic heterocycles. The summed E-state index contributed by atoms with van der Waals surface area (Å²) in [6.07, 6.45) is 0. The van der Waals surface area contributed by atoms with Gasteiger partial charge in [-0.25, -0.2) is 4.39 Å². The zero-order chi connectivity index (χ0) is 9.97. The molecule has 2 rings (SSSR count). The van der Waals surface area contributed by atoms with E-state index in [9.17, 15) is 4.39 Å². The molecule has 0 aliphatic rings. The summed E-state index contributed by atoms with van der Waals surface area (Å²) in [5.74, 6) is -0.230. The Bertz CT molecular complexity index is 394. The first-order chi connectivity index (χ1) is 6.77. The fourth-order valence-corrected chi connectivity index (χ4v) is 2.06. The Balaban J connectivity index is 2.28. The number of hydrogen-bond donors (Lipinski definition) is 1. The van der Waals surface area contributed by atoms with Crippen molar-refractivity contribution in [1.29, 1.82) is 0 Å². The van der Waals surface area contributed by atoms with Gasteiger partial charge in [0.15, 0.2) is 0 Å². The van der Waals surface area contributed by atoms with E-state index in [-0.39, 0.29) is 11.9 Å². The molecule has 1 atom stereocenters. The quantitative estimate of drug-likeness (QED) is 0.805. The standard InChI is InChI=1S/C11H10FNS/c12-9-5-3-8(4-6-9)11(13)10-2-1-7-14-10/h1-7,11H,13H2. The maximum atomic E-state index is 12.7. The van der Waals surface area contributed by atoms with Crippen LogP contribution in [0.4, 0.5) is 4.39 Å². The number of nitrogens with two attached hydrogens (primary N) is 1. The zero-order valence-corrected chi connectivity index (χ0v) is 8.30. The molecule has 0 aliphatic carbocycles. The molecule has 0 aliphatic heterocycles. The molecule has 0 saturated heterocycles. The van der Waals surface area contributed by atoms with Crippen LogP contribution >= 0.6 is 11.3 Å². The van der Waals surface area contributed by atoms with Crippen molar-refractivity contribution in [2.45, 2.75) is 6.04 Å². The molecule has 2 N–H and O–H groups in total. The van der Waals surface area contributed by atoms with Crippen LogP contribution in [-0.4, -0.2) is 0 Å². The van der Waals surface area contributed by atoms with E-state index < -0.39 is 0 Å². The summed E-state index contributed by atoms with van der Waals surface area (Å²) < 4.78 is 12.7. The maximum absolute atomic E-state index is 12.7. The summed E-state index contributed by atoms with van der Waals surface area (Å²) in [5, 5.41) is 1.98. The van der Waals surface area contributed by atoms with Crippen LogP contribution in [0, 0.1) is 5.82 Å². The van der Waals surface area contributed by atoms with Crippen molar-refractivity contribution >= 4 is 11.3 Å². The van der Waals surface area contributed by atoms with E-state index >= 15 is 0 Å². The van der Waals surface area contributed by atoms with Crippen LogP contribution in [0.1, 0.15) is 16.5 Å². The SMILES string of the molecule is NC(c1ccc(F)cc1)c1cccs1. The summed E-state index contributed by atoms with van der Waals surface area (Å²) in [5.41, 5.74) is 6.94. The van der Waals surface area contributed by atoms with E-state index in [2.05, 4.69) is 0 Å². The highest BCUT2D eigenvalue weighted by atomic mass is 32.1. The highest BCUT2D eigenvalue weighted by molar-refractivity contribution is 7.10. The Hall–Kier alpha value is -1.19. The minimum Gasteiger partial charge on any atom is -0.320 e. The summed E-state index contributed by atoms with van der Waals surface area (Å²) in [7, 11) is 0. The number of thiophene rings is 1. The molecule has 0 fully saturated rings. The second-order valence-corrected chi connectivity index (χ2v) is 4.02. The van der Waals surface area contributed by atoms with E-state index in [4.69, 9.17) is 5.73 Å². The van der Waals surface area contributed by atoms with Crippen molar-refractivity contribution in [1.82, 2.24) is 0 Å². The Labute approximate surface area is 86.0 Å². The predicted molar refractivity (Wildman–Crippen MR) is 56.7 cm³/mol. The first-order valence-corrected chi connectivity index (χ1v) is 5.20. The van der Waals surface area contributed by atoms with Crippen molar-refractivity contribution in [3.8, 4) is 0 Å². The molecule has 0 radical (unpaired) electrons. The minimum absolute atomic E-state index is 0.143. The van der Waals surface area contributed by atoms with E-state index in [1.807, 2.05) is 17.5 Å². The highest BCUT2D eigenvalue weighted by Crippen LogP contribution is 2.23. The third-order valence-electron chi connectivity index (χ3n) is 2.08. The molecule has 1 heterocycles. The molecular formula is C11H10FNS. The molecular weight excluding hydrogens is 197 g/mol. The number of halogens is 1. The first-order valence-electron chi connectivity index (χ1n) is 4.32. The van der Waals surface area contributed by atoms with Gasteiger partial charge in [0.05, 0.1) is 6.04 Å². The van der Waals surface area contributed by atoms with E-state index in [0.717, 1.165) is 10.4 Å². The van der Waals surface area contributed by atoms with Crippen molar-refractivity contribution in [3.05, 3.63) is 58.0 Å². The lowest BCUT2D eigenvalue weighted by Gasteiger charge is -2.09. The molecule has 2 aromatic rings. The summed E-state index contributed by atoms with van der Waals surface area (Å²) >= 11 is 1.61. The van der Waals surface area contributed by atoms with Crippen LogP contribution < -0.4 is 5.73 Å². The van der Waals surface area contributed by atoms with Gasteiger partial charge >= 0.3 is 0 Å². The van der Waals surface area contributed by atoms with Crippen molar-refractivity contribution in [3.63, 3.8) is 0 Å². The lowest BCUT2D eigenvalue weighted by Crippen LogP contribution is -2.09. The molecule has 1 nitrogen and oxygen atoms in total. The molecule has 0 amide bonds. The lowest BCUT2D eigenvalue weighted by molar-refractivity contribution is 0.626. The second-order valence-electron chi connectivity index (χ2n) is 3.04. The Morgan fingerprint density at radius 1 is 1.14 bits per heavy atom. The second kappa shape index (κ2) is 3.90. The van der Waals surface area contributed by atoms with Gasteiger partial charge in [0.2, 0.25) is 0 Å². The van der Waals surface area contributed by atoms with Gasteiger partial charge in [-0.2, -0.15) is 0 Å².